The highest BCUT2D eigenvalue weighted by atomic mass is 32.2. The molecule has 0 saturated carbocycles. The van der Waals surface area contributed by atoms with Crippen molar-refractivity contribution in [1.29, 1.82) is 0 Å². The van der Waals surface area contributed by atoms with Crippen molar-refractivity contribution in [2.24, 2.45) is 0 Å². The van der Waals surface area contributed by atoms with Gasteiger partial charge in [0.2, 0.25) is 10.0 Å². The van der Waals surface area contributed by atoms with E-state index in [0.717, 1.165) is 5.56 Å². The van der Waals surface area contributed by atoms with E-state index in [-0.39, 0.29) is 12.3 Å². The SMILES string of the molecule is CCOC(CNS(=O)(=O)CCc1ccccc1)OCC. The van der Waals surface area contributed by atoms with Crippen LogP contribution in [0.4, 0.5) is 0 Å². The van der Waals surface area contributed by atoms with Crippen LogP contribution in [0.25, 0.3) is 0 Å². The summed E-state index contributed by atoms with van der Waals surface area (Å²) in [6.45, 7) is 4.79. The number of rotatable bonds is 10. The van der Waals surface area contributed by atoms with Crippen molar-refractivity contribution >= 4 is 10.0 Å². The molecular weight excluding hydrogens is 278 g/mol. The van der Waals surface area contributed by atoms with Gasteiger partial charge in [-0.25, -0.2) is 13.1 Å². The number of ether oxygens (including phenoxy) is 2. The van der Waals surface area contributed by atoms with Crippen molar-refractivity contribution in [2.75, 3.05) is 25.5 Å². The predicted molar refractivity (Wildman–Crippen MR) is 79.0 cm³/mol. The van der Waals surface area contributed by atoms with Gasteiger partial charge in [-0.05, 0) is 25.8 Å². The number of aryl methyl sites for hydroxylation is 1. The van der Waals surface area contributed by atoms with E-state index in [1.807, 2.05) is 44.2 Å². The molecule has 0 saturated heterocycles. The van der Waals surface area contributed by atoms with E-state index in [2.05, 4.69) is 4.72 Å². The third-order valence-electron chi connectivity index (χ3n) is 2.68. The van der Waals surface area contributed by atoms with Gasteiger partial charge in [-0.1, -0.05) is 30.3 Å². The van der Waals surface area contributed by atoms with Gasteiger partial charge < -0.3 is 9.47 Å². The normalized spacial score (nSPS) is 11.9. The molecule has 1 aromatic rings. The predicted octanol–water partition coefficient (Wildman–Crippen LogP) is 1.55. The van der Waals surface area contributed by atoms with E-state index in [1.54, 1.807) is 0 Å². The van der Waals surface area contributed by atoms with Crippen LogP contribution in [0, 0.1) is 0 Å². The molecule has 6 heteroatoms. The number of hydrogen-bond donors (Lipinski definition) is 1. The Kier molecular flexibility index (Phi) is 7.76. The highest BCUT2D eigenvalue weighted by Crippen LogP contribution is 2.02. The van der Waals surface area contributed by atoms with Gasteiger partial charge in [0, 0.05) is 13.2 Å². The third kappa shape index (κ3) is 7.00. The number of hydrogen-bond acceptors (Lipinski definition) is 4. The Hall–Kier alpha value is -0.950. The first kappa shape index (κ1) is 17.1. The number of sulfonamides is 1. The Morgan fingerprint density at radius 2 is 1.70 bits per heavy atom. The van der Waals surface area contributed by atoms with Crippen molar-refractivity contribution in [3.63, 3.8) is 0 Å². The molecule has 0 spiro atoms. The second kappa shape index (κ2) is 9.07. The summed E-state index contributed by atoms with van der Waals surface area (Å²) in [4.78, 5) is 0. The van der Waals surface area contributed by atoms with Gasteiger partial charge in [-0.2, -0.15) is 0 Å². The standard InChI is InChI=1S/C14H23NO4S/c1-3-18-14(19-4-2)12-15-20(16,17)11-10-13-8-6-5-7-9-13/h5-9,14-15H,3-4,10-12H2,1-2H3. The maximum atomic E-state index is 11.9. The van der Waals surface area contributed by atoms with Crippen LogP contribution >= 0.6 is 0 Å². The van der Waals surface area contributed by atoms with Gasteiger partial charge in [0.1, 0.15) is 0 Å². The fraction of sp³-hybridized carbons (Fsp3) is 0.571. The van der Waals surface area contributed by atoms with Gasteiger partial charge in [0.05, 0.1) is 12.3 Å². The molecular formula is C14H23NO4S. The molecule has 0 bridgehead atoms. The quantitative estimate of drug-likeness (QED) is 0.666. The minimum Gasteiger partial charge on any atom is -0.352 e. The minimum atomic E-state index is -3.32. The molecule has 1 aromatic carbocycles. The van der Waals surface area contributed by atoms with Crippen LogP contribution < -0.4 is 4.72 Å². The van der Waals surface area contributed by atoms with Gasteiger partial charge in [0.15, 0.2) is 6.29 Å². The molecule has 20 heavy (non-hydrogen) atoms. The molecule has 0 unspecified atom stereocenters. The number of nitrogens with one attached hydrogen (secondary N) is 1. The Morgan fingerprint density at radius 3 is 2.25 bits per heavy atom. The first-order chi connectivity index (χ1) is 9.57. The maximum Gasteiger partial charge on any atom is 0.212 e. The Morgan fingerprint density at radius 1 is 1.10 bits per heavy atom. The van der Waals surface area contributed by atoms with Crippen LogP contribution in [0.2, 0.25) is 0 Å². The average Bonchev–Trinajstić information content (AvgIpc) is 2.45. The van der Waals surface area contributed by atoms with Gasteiger partial charge >= 0.3 is 0 Å². The molecule has 0 amide bonds. The first-order valence-electron chi connectivity index (χ1n) is 6.82. The third-order valence-corrected chi connectivity index (χ3v) is 4.03. The molecule has 5 nitrogen and oxygen atoms in total. The zero-order valence-corrected chi connectivity index (χ0v) is 12.9. The van der Waals surface area contributed by atoms with Crippen molar-refractivity contribution in [1.82, 2.24) is 4.72 Å². The smallest absolute Gasteiger partial charge is 0.212 e. The van der Waals surface area contributed by atoms with E-state index in [0.29, 0.717) is 19.6 Å². The molecule has 0 fully saturated rings. The molecule has 1 N–H and O–H groups in total. The molecule has 0 aliphatic rings. The van der Waals surface area contributed by atoms with E-state index in [4.69, 9.17) is 9.47 Å². The second-order valence-corrected chi connectivity index (χ2v) is 6.17. The number of benzene rings is 1. The summed E-state index contributed by atoms with van der Waals surface area (Å²) in [6, 6.07) is 9.54. The highest BCUT2D eigenvalue weighted by molar-refractivity contribution is 7.89. The van der Waals surface area contributed by atoms with Crippen LogP contribution in [0.15, 0.2) is 30.3 Å². The fourth-order valence-electron chi connectivity index (χ4n) is 1.70. The summed E-state index contributed by atoms with van der Waals surface area (Å²) in [7, 11) is -3.32. The lowest BCUT2D eigenvalue weighted by atomic mass is 10.2. The molecule has 0 aliphatic carbocycles. The van der Waals surface area contributed by atoms with Crippen LogP contribution in [0.3, 0.4) is 0 Å². The summed E-state index contributed by atoms with van der Waals surface area (Å²) >= 11 is 0. The van der Waals surface area contributed by atoms with Crippen molar-refractivity contribution in [3.05, 3.63) is 35.9 Å². The molecule has 1 rings (SSSR count). The fourth-order valence-corrected chi connectivity index (χ4v) is 2.74. The largest absolute Gasteiger partial charge is 0.352 e. The lowest BCUT2D eigenvalue weighted by Gasteiger charge is -2.17. The van der Waals surface area contributed by atoms with Crippen LogP contribution in [-0.2, 0) is 25.9 Å². The lowest BCUT2D eigenvalue weighted by molar-refractivity contribution is -0.130. The summed E-state index contributed by atoms with van der Waals surface area (Å²) in [5.41, 5.74) is 1.00. The van der Waals surface area contributed by atoms with Gasteiger partial charge in [0.25, 0.3) is 0 Å². The van der Waals surface area contributed by atoms with Gasteiger partial charge in [-0.3, -0.25) is 0 Å². The molecule has 114 valence electrons. The molecule has 0 aromatic heterocycles. The van der Waals surface area contributed by atoms with E-state index < -0.39 is 16.3 Å². The summed E-state index contributed by atoms with van der Waals surface area (Å²) < 4.78 is 36.9. The topological polar surface area (TPSA) is 64.6 Å². The van der Waals surface area contributed by atoms with Crippen molar-refractivity contribution in [3.8, 4) is 0 Å². The Balaban J connectivity index is 2.40. The monoisotopic (exact) mass is 301 g/mol. The Labute approximate surface area is 121 Å². The van der Waals surface area contributed by atoms with E-state index in [1.165, 1.54) is 0 Å². The Bertz CT molecular complexity index is 455. The van der Waals surface area contributed by atoms with Crippen molar-refractivity contribution < 1.29 is 17.9 Å². The van der Waals surface area contributed by atoms with Crippen LogP contribution in [0.1, 0.15) is 19.4 Å². The first-order valence-corrected chi connectivity index (χ1v) is 8.47. The van der Waals surface area contributed by atoms with Crippen molar-refractivity contribution in [2.45, 2.75) is 26.6 Å². The molecule has 0 aliphatic heterocycles. The highest BCUT2D eigenvalue weighted by Gasteiger charge is 2.14. The second-order valence-electron chi connectivity index (χ2n) is 4.24. The van der Waals surface area contributed by atoms with Gasteiger partial charge in [-0.15, -0.1) is 0 Å². The van der Waals surface area contributed by atoms with Crippen LogP contribution in [-0.4, -0.2) is 40.2 Å². The summed E-state index contributed by atoms with van der Waals surface area (Å²) in [5.74, 6) is 0.0575. The van der Waals surface area contributed by atoms with E-state index >= 15 is 0 Å². The minimum absolute atomic E-state index is 0.0575. The zero-order chi connectivity index (χ0) is 14.8. The maximum absolute atomic E-state index is 11.9. The molecule has 0 atom stereocenters. The summed E-state index contributed by atoms with van der Waals surface area (Å²) in [5, 5.41) is 0. The molecule has 0 radical (unpaired) electrons. The lowest BCUT2D eigenvalue weighted by Crippen LogP contribution is -2.37. The molecule has 0 heterocycles. The van der Waals surface area contributed by atoms with E-state index in [9.17, 15) is 8.42 Å². The zero-order valence-electron chi connectivity index (χ0n) is 12.0. The van der Waals surface area contributed by atoms with Crippen LogP contribution in [0.5, 0.6) is 0 Å². The average molecular weight is 301 g/mol. The summed E-state index contributed by atoms with van der Waals surface area (Å²) in [6.07, 6.45) is -0.0408.